The molecule has 3 heterocycles. The number of amides is 1. The summed E-state index contributed by atoms with van der Waals surface area (Å²) in [5, 5.41) is 11.9. The molecule has 43 heavy (non-hydrogen) atoms. The number of carbonyl (C=O) groups excluding carboxylic acids is 3. The van der Waals surface area contributed by atoms with Crippen LogP contribution in [0.25, 0.3) is 6.08 Å². The van der Waals surface area contributed by atoms with Gasteiger partial charge >= 0.3 is 0 Å². The van der Waals surface area contributed by atoms with E-state index < -0.39 is 35.0 Å². The van der Waals surface area contributed by atoms with Crippen LogP contribution in [-0.2, 0) is 10.2 Å². The van der Waals surface area contributed by atoms with E-state index in [0.29, 0.717) is 22.6 Å². The molecule has 1 fully saturated rings. The van der Waals surface area contributed by atoms with E-state index in [2.05, 4.69) is 5.32 Å². The number of halogens is 1. The maximum atomic E-state index is 14.8. The summed E-state index contributed by atoms with van der Waals surface area (Å²) in [6, 6.07) is 26.7. The first-order valence-corrected chi connectivity index (χ1v) is 13.8. The number of ether oxygens (including phenoxy) is 1. The Morgan fingerprint density at radius 3 is 2.35 bits per heavy atom. The van der Waals surface area contributed by atoms with Crippen LogP contribution < -0.4 is 10.1 Å². The van der Waals surface area contributed by atoms with Gasteiger partial charge in [0, 0.05) is 23.0 Å². The zero-order valence-corrected chi connectivity index (χ0v) is 22.7. The van der Waals surface area contributed by atoms with Crippen molar-refractivity contribution in [2.45, 2.75) is 17.5 Å². The molecule has 3 aliphatic heterocycles. The molecule has 4 aromatic carbocycles. The lowest BCUT2D eigenvalue weighted by Gasteiger charge is -2.38. The van der Waals surface area contributed by atoms with Gasteiger partial charge in [0.25, 0.3) is 0 Å². The van der Waals surface area contributed by atoms with Gasteiger partial charge in [-0.05, 0) is 77.4 Å². The van der Waals surface area contributed by atoms with Crippen molar-refractivity contribution >= 4 is 29.2 Å². The average Bonchev–Trinajstić information content (AvgIpc) is 3.52. The lowest BCUT2D eigenvalue weighted by molar-refractivity contribution is -0.122. The first kappa shape index (κ1) is 26.4. The summed E-state index contributed by atoms with van der Waals surface area (Å²) in [4.78, 5) is 45.6. The van der Waals surface area contributed by atoms with Crippen LogP contribution in [0.1, 0.15) is 43.4 Å². The molecule has 210 valence electrons. The fourth-order valence-electron chi connectivity index (χ4n) is 6.96. The number of para-hydroxylation sites is 1. The number of anilines is 1. The highest BCUT2D eigenvalue weighted by Gasteiger charge is 2.70. The summed E-state index contributed by atoms with van der Waals surface area (Å²) in [6.07, 6.45) is 3.68. The third kappa shape index (κ3) is 3.89. The third-order valence-corrected chi connectivity index (χ3v) is 8.69. The number of nitriles is 1. The number of benzene rings is 4. The molecule has 0 aromatic heterocycles. The van der Waals surface area contributed by atoms with Gasteiger partial charge in [-0.1, -0.05) is 42.5 Å². The van der Waals surface area contributed by atoms with Gasteiger partial charge in [0.05, 0.1) is 12.0 Å². The molecule has 3 aliphatic rings. The lowest BCUT2D eigenvalue weighted by Crippen LogP contribution is -2.49. The van der Waals surface area contributed by atoms with E-state index in [1.54, 1.807) is 36.5 Å². The molecular weight excluding hydrogens is 545 g/mol. The summed E-state index contributed by atoms with van der Waals surface area (Å²) in [5.74, 6) is -2.37. The van der Waals surface area contributed by atoms with E-state index in [1.807, 2.05) is 59.5 Å². The maximum Gasteiger partial charge on any atom is 0.238 e. The molecule has 1 N–H and O–H groups in total. The molecule has 4 aromatic rings. The van der Waals surface area contributed by atoms with E-state index >= 15 is 0 Å². The highest BCUT2D eigenvalue weighted by molar-refractivity contribution is 6.16. The van der Waals surface area contributed by atoms with Crippen LogP contribution in [0.2, 0.25) is 0 Å². The molecule has 4 unspecified atom stereocenters. The molecule has 1 spiro atoms. The molecule has 0 saturated carbocycles. The van der Waals surface area contributed by atoms with Gasteiger partial charge in [-0.15, -0.1) is 0 Å². The Bertz CT molecular complexity index is 1860. The molecular formula is C35H24FN3O4. The summed E-state index contributed by atoms with van der Waals surface area (Å²) in [7, 11) is 0. The predicted octanol–water partition coefficient (Wildman–Crippen LogP) is 5.71. The first-order chi connectivity index (χ1) is 20.9. The van der Waals surface area contributed by atoms with Crippen LogP contribution in [0.3, 0.4) is 0 Å². The van der Waals surface area contributed by atoms with Gasteiger partial charge in [0.1, 0.15) is 29.1 Å². The quantitative estimate of drug-likeness (QED) is 0.299. The van der Waals surface area contributed by atoms with Crippen molar-refractivity contribution in [1.29, 1.82) is 5.26 Å². The SMILES string of the molecule is N#CCOc1ccc(C(=O)C2C(C(=O)c3ccc(F)cc3)N3C=Cc4ccccc4C3C23C(=O)Nc2ccccc23)cc1. The normalized spacial score (nSPS) is 22.7. The Labute approximate surface area is 246 Å². The Morgan fingerprint density at radius 1 is 0.907 bits per heavy atom. The number of nitrogens with one attached hydrogen (secondary N) is 1. The van der Waals surface area contributed by atoms with Crippen LogP contribution in [0.5, 0.6) is 5.75 Å². The summed E-state index contributed by atoms with van der Waals surface area (Å²) in [5.41, 5.74) is 2.00. The molecule has 0 aliphatic carbocycles. The van der Waals surface area contributed by atoms with Gasteiger partial charge in [-0.3, -0.25) is 14.4 Å². The van der Waals surface area contributed by atoms with Crippen molar-refractivity contribution in [1.82, 2.24) is 4.90 Å². The Morgan fingerprint density at radius 2 is 1.58 bits per heavy atom. The Kier molecular flexibility index (Phi) is 6.17. The number of fused-ring (bicyclic) bond motifs is 6. The molecule has 1 amide bonds. The maximum absolute atomic E-state index is 14.8. The van der Waals surface area contributed by atoms with E-state index in [4.69, 9.17) is 10.00 Å². The Hall–Kier alpha value is -5.55. The fourth-order valence-corrected chi connectivity index (χ4v) is 6.96. The molecule has 0 radical (unpaired) electrons. The van der Waals surface area contributed by atoms with E-state index in [9.17, 15) is 18.8 Å². The minimum Gasteiger partial charge on any atom is -0.479 e. The minimum absolute atomic E-state index is 0.146. The fraction of sp³-hybridized carbons (Fsp3) is 0.143. The third-order valence-electron chi connectivity index (χ3n) is 8.69. The van der Waals surface area contributed by atoms with Crippen molar-refractivity contribution in [3.63, 3.8) is 0 Å². The lowest BCUT2D eigenvalue weighted by atomic mass is 9.62. The second-order valence-electron chi connectivity index (χ2n) is 10.8. The zero-order chi connectivity index (χ0) is 29.7. The van der Waals surface area contributed by atoms with Gasteiger partial charge in [-0.25, -0.2) is 4.39 Å². The standard InChI is InChI=1S/C35H24FN3O4/c36-24-13-9-23(10-14-24)32(41)30-29(31(40)22-11-15-25(16-12-22)43-20-18-37)35(27-7-3-4-8-28(27)38-34(35)42)33-26-6-2-1-5-21(26)17-19-39(30)33/h1-17,19,29-30,33H,20H2,(H,38,42). The highest BCUT2D eigenvalue weighted by atomic mass is 19.1. The first-order valence-electron chi connectivity index (χ1n) is 13.8. The number of Topliss-reactive ketones (excluding diaryl/α,β-unsaturated/α-hetero) is 2. The van der Waals surface area contributed by atoms with Crippen molar-refractivity contribution in [3.05, 3.63) is 137 Å². The summed E-state index contributed by atoms with van der Waals surface area (Å²) >= 11 is 0. The van der Waals surface area contributed by atoms with Crippen molar-refractivity contribution in [3.8, 4) is 11.8 Å². The molecule has 7 nitrogen and oxygen atoms in total. The van der Waals surface area contributed by atoms with E-state index in [-0.39, 0.29) is 23.9 Å². The van der Waals surface area contributed by atoms with Crippen molar-refractivity contribution in [2.75, 3.05) is 11.9 Å². The topological polar surface area (TPSA) is 99.5 Å². The number of carbonyl (C=O) groups is 3. The van der Waals surface area contributed by atoms with Crippen LogP contribution in [-0.4, -0.2) is 35.0 Å². The van der Waals surface area contributed by atoms with Crippen molar-refractivity contribution in [2.24, 2.45) is 5.92 Å². The van der Waals surface area contributed by atoms with Crippen LogP contribution in [0, 0.1) is 23.1 Å². The van der Waals surface area contributed by atoms with Crippen LogP contribution >= 0.6 is 0 Å². The van der Waals surface area contributed by atoms with Crippen LogP contribution in [0.4, 0.5) is 10.1 Å². The molecule has 8 heteroatoms. The molecule has 7 rings (SSSR count). The average molecular weight is 570 g/mol. The number of rotatable bonds is 6. The van der Waals surface area contributed by atoms with E-state index in [0.717, 1.165) is 11.1 Å². The van der Waals surface area contributed by atoms with Gasteiger partial charge in [-0.2, -0.15) is 5.26 Å². The Balaban J connectivity index is 1.48. The zero-order valence-electron chi connectivity index (χ0n) is 22.7. The molecule has 1 saturated heterocycles. The summed E-state index contributed by atoms with van der Waals surface area (Å²) < 4.78 is 19.3. The monoisotopic (exact) mass is 569 g/mol. The van der Waals surface area contributed by atoms with Gasteiger partial charge < -0.3 is 15.0 Å². The predicted molar refractivity (Wildman–Crippen MR) is 157 cm³/mol. The smallest absolute Gasteiger partial charge is 0.238 e. The number of ketones is 2. The van der Waals surface area contributed by atoms with Crippen LogP contribution in [0.15, 0.2) is 103 Å². The second kappa shape index (κ2) is 10.1. The van der Waals surface area contributed by atoms with Gasteiger partial charge in [0.2, 0.25) is 5.91 Å². The largest absolute Gasteiger partial charge is 0.479 e. The number of hydrogen-bond acceptors (Lipinski definition) is 6. The number of nitrogens with zero attached hydrogens (tertiary/aromatic N) is 2. The van der Waals surface area contributed by atoms with Crippen molar-refractivity contribution < 1.29 is 23.5 Å². The minimum atomic E-state index is -1.47. The second-order valence-corrected chi connectivity index (χ2v) is 10.8. The molecule has 0 bridgehead atoms. The highest BCUT2D eigenvalue weighted by Crippen LogP contribution is 2.62. The van der Waals surface area contributed by atoms with Gasteiger partial charge in [0.15, 0.2) is 18.2 Å². The molecule has 4 atom stereocenters. The number of hydrogen-bond donors (Lipinski definition) is 1. The van der Waals surface area contributed by atoms with E-state index in [1.165, 1.54) is 24.3 Å². The summed E-state index contributed by atoms with van der Waals surface area (Å²) in [6.45, 7) is -0.146.